The molecule has 0 saturated carbocycles. The first kappa shape index (κ1) is 15.9. The van der Waals surface area contributed by atoms with E-state index in [0.717, 1.165) is 11.1 Å². The largest absolute Gasteiger partial charge is 1.00 e. The Kier molecular flexibility index (Phi) is 5.63. The molecule has 1 aromatic rings. The van der Waals surface area contributed by atoms with Crippen LogP contribution >= 0.6 is 7.37 Å². The first-order chi connectivity index (χ1) is 8.03. The average Bonchev–Trinajstić information content (AvgIpc) is 2.72. The van der Waals surface area contributed by atoms with Crippen molar-refractivity contribution in [2.45, 2.75) is 18.5 Å². The second-order valence-corrected chi connectivity index (χ2v) is 7.03. The maximum Gasteiger partial charge on any atom is 1.00 e. The number of hydrogen-bond acceptors (Lipinski definition) is 3. The summed E-state index contributed by atoms with van der Waals surface area (Å²) < 4.78 is 12.1. The Hall–Kier alpha value is -0.120. The van der Waals surface area contributed by atoms with Gasteiger partial charge in [-0.05, 0) is 24.0 Å². The van der Waals surface area contributed by atoms with Gasteiger partial charge in [0.2, 0.25) is 6.41 Å². The van der Waals surface area contributed by atoms with Gasteiger partial charge < -0.3 is 14.4 Å². The van der Waals surface area contributed by atoms with Crippen molar-refractivity contribution in [3.05, 3.63) is 35.4 Å². The normalized spacial score (nSPS) is 17.4. The third kappa shape index (κ3) is 3.46. The van der Waals surface area contributed by atoms with Crippen molar-refractivity contribution in [3.63, 3.8) is 0 Å². The van der Waals surface area contributed by atoms with Gasteiger partial charge in [0.1, 0.15) is 0 Å². The van der Waals surface area contributed by atoms with E-state index in [0.29, 0.717) is 19.3 Å². The van der Waals surface area contributed by atoms with Crippen LogP contribution in [0, 0.1) is 0 Å². The predicted molar refractivity (Wildman–Crippen MR) is 63.9 cm³/mol. The van der Waals surface area contributed by atoms with Gasteiger partial charge in [-0.25, -0.2) is 0 Å². The Morgan fingerprint density at radius 2 is 1.89 bits per heavy atom. The molecule has 1 aliphatic carbocycles. The summed E-state index contributed by atoms with van der Waals surface area (Å²) in [5.74, 6) is 0. The minimum Gasteiger partial charge on any atom is -0.798 e. The van der Waals surface area contributed by atoms with Crippen LogP contribution in [0.5, 0.6) is 0 Å². The fraction of sp³-hybridized carbons (Fsp3) is 0.417. The molecule has 0 saturated heterocycles. The van der Waals surface area contributed by atoms with Crippen LogP contribution in [0.4, 0.5) is 0 Å². The monoisotopic (exact) mass is 275 g/mol. The van der Waals surface area contributed by atoms with Crippen LogP contribution in [0.2, 0.25) is 0 Å². The van der Waals surface area contributed by atoms with E-state index in [4.69, 9.17) is 0 Å². The van der Waals surface area contributed by atoms with Gasteiger partial charge in [-0.15, -0.1) is 0 Å². The summed E-state index contributed by atoms with van der Waals surface area (Å²) in [6.07, 6.45) is 1.52. The summed E-state index contributed by atoms with van der Waals surface area (Å²) in [4.78, 5) is 23.8. The van der Waals surface area contributed by atoms with Crippen molar-refractivity contribution in [2.75, 3.05) is 13.3 Å². The minimum absolute atomic E-state index is 0. The number of fused-ring (bicyclic) bond motifs is 1. The number of amides is 1. The molecule has 0 spiro atoms. The zero-order valence-electron chi connectivity index (χ0n) is 10.7. The first-order valence-electron chi connectivity index (χ1n) is 5.55. The molecule has 0 aliphatic heterocycles. The minimum atomic E-state index is -3.55. The summed E-state index contributed by atoms with van der Waals surface area (Å²) in [6.45, 7) is 0. The molecule has 0 heterocycles. The number of carbonyl (C=O) groups excluding carboxylic acids is 1. The quantitative estimate of drug-likeness (QED) is 0.357. The maximum atomic E-state index is 12.1. The van der Waals surface area contributed by atoms with Gasteiger partial charge in [0, 0.05) is 20.1 Å². The summed E-state index contributed by atoms with van der Waals surface area (Å²) in [5, 5.41) is 0. The first-order valence-corrected chi connectivity index (χ1v) is 7.43. The molecule has 2 rings (SSSR count). The molecule has 0 N–H and O–H groups in total. The smallest absolute Gasteiger partial charge is 0.798 e. The summed E-state index contributed by atoms with van der Waals surface area (Å²) in [7, 11) is -2.07. The Morgan fingerprint density at radius 3 is 2.33 bits per heavy atom. The van der Waals surface area contributed by atoms with Crippen LogP contribution < -0.4 is 34.5 Å². The van der Waals surface area contributed by atoms with Gasteiger partial charge in [0.15, 0.2) is 0 Å². The fourth-order valence-corrected chi connectivity index (χ4v) is 4.14. The van der Waals surface area contributed by atoms with Gasteiger partial charge in [-0.3, -0.25) is 4.79 Å². The number of nitrogens with zero attached hydrogens (tertiary/aromatic N) is 1. The topological polar surface area (TPSA) is 60.4 Å². The summed E-state index contributed by atoms with van der Waals surface area (Å²) >= 11 is 0. The zero-order chi connectivity index (χ0) is 12.5. The van der Waals surface area contributed by atoms with Crippen LogP contribution in [0.25, 0.3) is 0 Å². The van der Waals surface area contributed by atoms with Gasteiger partial charge in [0.25, 0.3) is 0 Å². The van der Waals surface area contributed by atoms with Crippen LogP contribution in [0.1, 0.15) is 11.1 Å². The van der Waals surface area contributed by atoms with Crippen molar-refractivity contribution in [2.24, 2.45) is 0 Å². The van der Waals surface area contributed by atoms with E-state index in [2.05, 4.69) is 0 Å². The van der Waals surface area contributed by atoms with Crippen LogP contribution in [-0.2, 0) is 22.2 Å². The molecule has 0 bridgehead atoms. The molecule has 1 unspecified atom stereocenters. The van der Waals surface area contributed by atoms with Crippen LogP contribution in [0.15, 0.2) is 24.3 Å². The van der Waals surface area contributed by atoms with E-state index < -0.39 is 7.37 Å². The Morgan fingerprint density at radius 1 is 1.39 bits per heavy atom. The molecule has 0 fully saturated rings. The third-order valence-electron chi connectivity index (χ3n) is 3.19. The SMILES string of the molecule is CN(C=O)CP(=O)([O-])C1Cc2ccccc2C1.[Na+]. The molecule has 1 amide bonds. The number of hydrogen-bond donors (Lipinski definition) is 0. The Balaban J connectivity index is 0.00000162. The molecule has 1 aliphatic rings. The molecule has 6 heteroatoms. The van der Waals surface area contributed by atoms with E-state index in [9.17, 15) is 14.3 Å². The maximum absolute atomic E-state index is 12.1. The van der Waals surface area contributed by atoms with Gasteiger partial charge in [-0.1, -0.05) is 24.3 Å². The van der Waals surface area contributed by atoms with Crippen molar-refractivity contribution in [1.82, 2.24) is 4.90 Å². The Bertz CT molecular complexity index is 455. The van der Waals surface area contributed by atoms with Gasteiger partial charge in [0.05, 0.1) is 6.29 Å². The standard InChI is InChI=1S/C12H16NO3P.Na/c1-13(8-14)9-17(15,16)12-6-10-4-2-3-5-11(10)7-12;/h2-5,8,12H,6-7,9H2,1H3,(H,15,16);/q;+1/p-1. The number of benzene rings is 1. The second-order valence-electron chi connectivity index (χ2n) is 4.56. The second kappa shape index (κ2) is 6.36. The fourth-order valence-electron chi connectivity index (χ4n) is 2.27. The van der Waals surface area contributed by atoms with Crippen LogP contribution in [0.3, 0.4) is 0 Å². The van der Waals surface area contributed by atoms with Gasteiger partial charge >= 0.3 is 29.6 Å². The molecule has 0 aromatic heterocycles. The average molecular weight is 275 g/mol. The van der Waals surface area contributed by atoms with E-state index in [1.165, 1.54) is 11.9 Å². The molecule has 4 nitrogen and oxygen atoms in total. The molecule has 92 valence electrons. The van der Waals surface area contributed by atoms with E-state index >= 15 is 0 Å². The molecular weight excluding hydrogens is 260 g/mol. The molecule has 18 heavy (non-hydrogen) atoms. The van der Waals surface area contributed by atoms with E-state index in [1.807, 2.05) is 24.3 Å². The van der Waals surface area contributed by atoms with Crippen molar-refractivity contribution in [1.29, 1.82) is 0 Å². The predicted octanol–water partition coefficient (Wildman–Crippen LogP) is -2.16. The van der Waals surface area contributed by atoms with Crippen molar-refractivity contribution >= 4 is 13.8 Å². The van der Waals surface area contributed by atoms with E-state index in [1.54, 1.807) is 0 Å². The third-order valence-corrected chi connectivity index (χ3v) is 5.50. The Labute approximate surface area is 129 Å². The zero-order valence-corrected chi connectivity index (χ0v) is 13.6. The molecule has 1 aromatic carbocycles. The van der Waals surface area contributed by atoms with Gasteiger partial charge in [-0.2, -0.15) is 0 Å². The van der Waals surface area contributed by atoms with Crippen LogP contribution in [-0.4, -0.2) is 30.3 Å². The summed E-state index contributed by atoms with van der Waals surface area (Å²) in [5.41, 5.74) is 1.87. The van der Waals surface area contributed by atoms with Crippen molar-refractivity contribution in [3.8, 4) is 0 Å². The number of carbonyl (C=O) groups is 1. The summed E-state index contributed by atoms with van der Waals surface area (Å²) in [6, 6.07) is 7.79. The molecular formula is C12H15NNaO3P. The van der Waals surface area contributed by atoms with E-state index in [-0.39, 0.29) is 41.5 Å². The number of rotatable bonds is 4. The molecule has 0 radical (unpaired) electrons. The molecule has 1 atom stereocenters. The van der Waals surface area contributed by atoms with Crippen molar-refractivity contribution < 1.29 is 43.8 Å².